The molecule has 0 saturated heterocycles. The van der Waals surface area contributed by atoms with Gasteiger partial charge in [-0.3, -0.25) is 0 Å². The molecular weight excluding hydrogens is 304 g/mol. The van der Waals surface area contributed by atoms with Crippen LogP contribution in [0.3, 0.4) is 0 Å². The van der Waals surface area contributed by atoms with Crippen LogP contribution < -0.4 is 0 Å². The van der Waals surface area contributed by atoms with Crippen molar-refractivity contribution in [3.05, 3.63) is 58.7 Å². The lowest BCUT2D eigenvalue weighted by atomic mass is 10.1. The fourth-order valence-corrected chi connectivity index (χ4v) is 4.73. The maximum atomic E-state index is 13.2. The molecule has 0 aromatic heterocycles. The van der Waals surface area contributed by atoms with Crippen LogP contribution in [0, 0.1) is 0 Å². The molecule has 0 saturated carbocycles. The molecule has 2 nitrogen and oxygen atoms in total. The van der Waals surface area contributed by atoms with Gasteiger partial charge in [-0.15, -0.1) is 0 Å². The average Bonchev–Trinajstić information content (AvgIpc) is 2.60. The lowest BCUT2D eigenvalue weighted by molar-refractivity contribution is 0.594. The highest BCUT2D eigenvalue weighted by Crippen LogP contribution is 2.29. The van der Waals surface area contributed by atoms with Crippen molar-refractivity contribution in [2.24, 2.45) is 0 Å². The molecular formula is C20H26O2S. The monoisotopic (exact) mass is 330 g/mol. The van der Waals surface area contributed by atoms with E-state index < -0.39 is 9.84 Å². The van der Waals surface area contributed by atoms with Crippen molar-refractivity contribution in [1.29, 1.82) is 0 Å². The van der Waals surface area contributed by atoms with Crippen LogP contribution >= 0.6 is 0 Å². The predicted octanol–water partition coefficient (Wildman–Crippen LogP) is 4.77. The standard InChI is InChI=1S/C20H26O2S/c1-5-15-9-11-19(17(7-3)13-15)23(21,22)20-12-10-16(6-2)14-18(20)8-4/h9-14H,5-8H2,1-4H3. The molecule has 0 spiro atoms. The second-order valence-corrected chi connectivity index (χ2v) is 7.69. The third-order valence-corrected chi connectivity index (χ3v) is 6.36. The second-order valence-electron chi connectivity index (χ2n) is 5.80. The van der Waals surface area contributed by atoms with Gasteiger partial charge in [0, 0.05) is 0 Å². The number of benzene rings is 2. The molecule has 23 heavy (non-hydrogen) atoms. The minimum atomic E-state index is -3.47. The highest BCUT2D eigenvalue weighted by Gasteiger charge is 2.23. The molecule has 2 aromatic rings. The summed E-state index contributed by atoms with van der Waals surface area (Å²) >= 11 is 0. The number of rotatable bonds is 6. The van der Waals surface area contributed by atoms with Crippen LogP contribution in [0.15, 0.2) is 46.2 Å². The Hall–Kier alpha value is -1.61. The Morgan fingerprint density at radius 2 is 1.04 bits per heavy atom. The summed E-state index contributed by atoms with van der Waals surface area (Å²) in [5, 5.41) is 0. The van der Waals surface area contributed by atoms with E-state index >= 15 is 0 Å². The number of sulfone groups is 1. The predicted molar refractivity (Wildman–Crippen MR) is 95.8 cm³/mol. The lowest BCUT2D eigenvalue weighted by Crippen LogP contribution is -2.09. The van der Waals surface area contributed by atoms with Gasteiger partial charge in [-0.25, -0.2) is 8.42 Å². The van der Waals surface area contributed by atoms with Gasteiger partial charge in [0.1, 0.15) is 0 Å². The van der Waals surface area contributed by atoms with Crippen LogP contribution in [0.25, 0.3) is 0 Å². The van der Waals surface area contributed by atoms with Gasteiger partial charge in [-0.2, -0.15) is 0 Å². The number of hydrogen-bond acceptors (Lipinski definition) is 2. The Bertz CT molecular complexity index is 728. The van der Waals surface area contributed by atoms with E-state index in [9.17, 15) is 8.42 Å². The summed E-state index contributed by atoms with van der Waals surface area (Å²) in [4.78, 5) is 0.910. The van der Waals surface area contributed by atoms with Crippen LogP contribution in [0.5, 0.6) is 0 Å². The third-order valence-electron chi connectivity index (χ3n) is 4.41. The van der Waals surface area contributed by atoms with Crippen molar-refractivity contribution in [2.75, 3.05) is 0 Å². The normalized spacial score (nSPS) is 11.7. The van der Waals surface area contributed by atoms with Gasteiger partial charge in [-0.1, -0.05) is 52.0 Å². The quantitative estimate of drug-likeness (QED) is 0.764. The van der Waals surface area contributed by atoms with Gasteiger partial charge in [-0.05, 0) is 60.1 Å². The van der Waals surface area contributed by atoms with Gasteiger partial charge in [0.15, 0.2) is 0 Å². The van der Waals surface area contributed by atoms with Gasteiger partial charge in [0.05, 0.1) is 9.79 Å². The summed E-state index contributed by atoms with van der Waals surface area (Å²) in [6.07, 6.45) is 3.27. The zero-order valence-corrected chi connectivity index (χ0v) is 15.3. The Balaban J connectivity index is 2.63. The number of aryl methyl sites for hydroxylation is 4. The molecule has 0 bridgehead atoms. The van der Waals surface area contributed by atoms with Gasteiger partial charge in [0.25, 0.3) is 0 Å². The van der Waals surface area contributed by atoms with Gasteiger partial charge >= 0.3 is 0 Å². The van der Waals surface area contributed by atoms with Crippen molar-refractivity contribution in [1.82, 2.24) is 0 Å². The molecule has 2 rings (SSSR count). The molecule has 0 aliphatic rings. The zero-order valence-electron chi connectivity index (χ0n) is 14.5. The molecule has 0 aliphatic carbocycles. The maximum Gasteiger partial charge on any atom is 0.207 e. The zero-order chi connectivity index (χ0) is 17.0. The summed E-state index contributed by atoms with van der Waals surface area (Å²) in [5.41, 5.74) is 4.17. The van der Waals surface area contributed by atoms with Crippen LogP contribution in [-0.4, -0.2) is 8.42 Å². The fourth-order valence-electron chi connectivity index (χ4n) is 2.90. The molecule has 3 heteroatoms. The van der Waals surface area contributed by atoms with Gasteiger partial charge < -0.3 is 0 Å². The molecule has 0 radical (unpaired) electrons. The Morgan fingerprint density at radius 3 is 1.35 bits per heavy atom. The molecule has 0 unspecified atom stereocenters. The molecule has 0 N–H and O–H groups in total. The second kappa shape index (κ2) is 7.31. The van der Waals surface area contributed by atoms with Crippen LogP contribution in [-0.2, 0) is 35.5 Å². The molecule has 0 fully saturated rings. The average molecular weight is 330 g/mol. The van der Waals surface area contributed by atoms with E-state index in [2.05, 4.69) is 13.8 Å². The van der Waals surface area contributed by atoms with Crippen LogP contribution in [0.2, 0.25) is 0 Å². The summed E-state index contributed by atoms with van der Waals surface area (Å²) < 4.78 is 26.4. The molecule has 0 aliphatic heterocycles. The van der Waals surface area contributed by atoms with Crippen molar-refractivity contribution in [2.45, 2.75) is 63.2 Å². The van der Waals surface area contributed by atoms with Crippen molar-refractivity contribution in [3.63, 3.8) is 0 Å². The first-order valence-corrected chi connectivity index (χ1v) is 9.94. The first kappa shape index (κ1) is 17.7. The Morgan fingerprint density at radius 1 is 0.652 bits per heavy atom. The topological polar surface area (TPSA) is 34.1 Å². The van der Waals surface area contributed by atoms with E-state index in [1.807, 2.05) is 38.1 Å². The molecule has 0 atom stereocenters. The Kier molecular flexibility index (Phi) is 5.64. The van der Waals surface area contributed by atoms with E-state index in [0.717, 1.165) is 36.8 Å². The lowest BCUT2D eigenvalue weighted by Gasteiger charge is -2.14. The smallest absolute Gasteiger partial charge is 0.207 e. The van der Waals surface area contributed by atoms with Crippen molar-refractivity contribution >= 4 is 9.84 Å². The molecule has 2 aromatic carbocycles. The van der Waals surface area contributed by atoms with Crippen molar-refractivity contribution < 1.29 is 8.42 Å². The van der Waals surface area contributed by atoms with E-state index in [1.165, 1.54) is 11.1 Å². The minimum Gasteiger partial charge on any atom is -0.218 e. The third kappa shape index (κ3) is 3.50. The summed E-state index contributed by atoms with van der Waals surface area (Å²) in [5.74, 6) is 0. The molecule has 0 amide bonds. The van der Waals surface area contributed by atoms with E-state index in [4.69, 9.17) is 0 Å². The SMILES string of the molecule is CCc1ccc(S(=O)(=O)c2ccc(CC)cc2CC)c(CC)c1. The maximum absolute atomic E-state index is 13.2. The largest absolute Gasteiger partial charge is 0.218 e. The van der Waals surface area contributed by atoms with Gasteiger partial charge in [0.2, 0.25) is 9.84 Å². The first-order chi connectivity index (χ1) is 11.0. The Labute approximate surface area is 140 Å². The number of hydrogen-bond donors (Lipinski definition) is 0. The molecule has 124 valence electrons. The van der Waals surface area contributed by atoms with E-state index in [1.54, 1.807) is 12.1 Å². The van der Waals surface area contributed by atoms with E-state index in [0.29, 0.717) is 9.79 Å². The summed E-state index contributed by atoms with van der Waals surface area (Å²) in [6, 6.07) is 11.5. The van der Waals surface area contributed by atoms with Crippen LogP contribution in [0.1, 0.15) is 49.9 Å². The van der Waals surface area contributed by atoms with Crippen molar-refractivity contribution in [3.8, 4) is 0 Å². The highest BCUT2D eigenvalue weighted by molar-refractivity contribution is 7.91. The van der Waals surface area contributed by atoms with E-state index in [-0.39, 0.29) is 0 Å². The fraction of sp³-hybridized carbons (Fsp3) is 0.400. The molecule has 0 heterocycles. The summed E-state index contributed by atoms with van der Waals surface area (Å²) in [7, 11) is -3.47. The highest BCUT2D eigenvalue weighted by atomic mass is 32.2. The van der Waals surface area contributed by atoms with Crippen LogP contribution in [0.4, 0.5) is 0 Å². The summed E-state index contributed by atoms with van der Waals surface area (Å²) in [6.45, 7) is 8.19. The minimum absolute atomic E-state index is 0.455. The first-order valence-electron chi connectivity index (χ1n) is 8.46.